The average Bonchev–Trinajstić information content (AvgIpc) is 2.61. The molecular weight excluding hydrogens is 127 g/mol. The first-order valence-electron chi connectivity index (χ1n) is 4.12. The van der Waals surface area contributed by atoms with Gasteiger partial charge in [0.05, 0.1) is 0 Å². The molecule has 3 heteroatoms. The lowest BCUT2D eigenvalue weighted by atomic mass is 9.62. The highest BCUT2D eigenvalue weighted by Gasteiger charge is 2.61. The van der Waals surface area contributed by atoms with E-state index < -0.39 is 7.12 Å². The maximum Gasteiger partial charge on any atom is 0.458 e. The molecule has 2 rings (SSSR count). The topological polar surface area (TPSA) is 40.5 Å². The Hall–Kier alpha value is -0.0151. The summed E-state index contributed by atoms with van der Waals surface area (Å²) in [6.07, 6.45) is 5.80. The molecule has 2 aliphatic carbocycles. The molecule has 0 aromatic carbocycles. The van der Waals surface area contributed by atoms with Crippen molar-refractivity contribution in [1.29, 1.82) is 0 Å². The van der Waals surface area contributed by atoms with Gasteiger partial charge in [0.1, 0.15) is 0 Å². The van der Waals surface area contributed by atoms with Gasteiger partial charge in [0.15, 0.2) is 0 Å². The van der Waals surface area contributed by atoms with Gasteiger partial charge in [0, 0.05) is 5.31 Å². The van der Waals surface area contributed by atoms with Crippen molar-refractivity contribution in [3.8, 4) is 0 Å². The van der Waals surface area contributed by atoms with Crippen molar-refractivity contribution in [3.63, 3.8) is 0 Å². The minimum atomic E-state index is -1.04. The molecule has 2 aliphatic rings. The highest BCUT2D eigenvalue weighted by atomic mass is 16.4. The van der Waals surface area contributed by atoms with Gasteiger partial charge in [-0.2, -0.15) is 0 Å². The van der Waals surface area contributed by atoms with E-state index in [1.54, 1.807) is 0 Å². The second kappa shape index (κ2) is 1.99. The van der Waals surface area contributed by atoms with Gasteiger partial charge >= 0.3 is 7.12 Å². The molecule has 0 saturated heterocycles. The summed E-state index contributed by atoms with van der Waals surface area (Å²) in [4.78, 5) is 0. The van der Waals surface area contributed by atoms with E-state index in [0.717, 1.165) is 12.8 Å². The average molecular weight is 140 g/mol. The molecule has 2 N–H and O–H groups in total. The van der Waals surface area contributed by atoms with Gasteiger partial charge in [-0.05, 0) is 18.8 Å². The van der Waals surface area contributed by atoms with Gasteiger partial charge in [-0.1, -0.05) is 19.3 Å². The van der Waals surface area contributed by atoms with Crippen LogP contribution in [0.5, 0.6) is 0 Å². The van der Waals surface area contributed by atoms with Crippen LogP contribution in [0.2, 0.25) is 5.31 Å². The Balaban J connectivity index is 2.05. The summed E-state index contributed by atoms with van der Waals surface area (Å²) >= 11 is 0. The smallest absolute Gasteiger partial charge is 0.427 e. The van der Waals surface area contributed by atoms with Crippen LogP contribution in [-0.2, 0) is 0 Å². The molecule has 2 atom stereocenters. The molecule has 10 heavy (non-hydrogen) atoms. The summed E-state index contributed by atoms with van der Waals surface area (Å²) in [6.45, 7) is 0. The van der Waals surface area contributed by atoms with E-state index >= 15 is 0 Å². The second-order valence-electron chi connectivity index (χ2n) is 3.75. The lowest BCUT2D eigenvalue weighted by molar-refractivity contribution is 0.344. The third kappa shape index (κ3) is 0.737. The van der Waals surface area contributed by atoms with E-state index in [9.17, 15) is 0 Å². The summed E-state index contributed by atoms with van der Waals surface area (Å²) in [7, 11) is -1.04. The highest BCUT2D eigenvalue weighted by Crippen LogP contribution is 2.68. The zero-order valence-corrected chi connectivity index (χ0v) is 6.08. The Labute approximate surface area is 61.4 Å². The van der Waals surface area contributed by atoms with Crippen molar-refractivity contribution in [2.24, 2.45) is 5.92 Å². The summed E-state index contributed by atoms with van der Waals surface area (Å²) in [5.74, 6) is 0.640. The number of hydrogen-bond acceptors (Lipinski definition) is 2. The Morgan fingerprint density at radius 3 is 2.60 bits per heavy atom. The maximum atomic E-state index is 9.03. The molecule has 0 aliphatic heterocycles. The van der Waals surface area contributed by atoms with Crippen LogP contribution in [0.15, 0.2) is 0 Å². The third-order valence-electron chi connectivity index (χ3n) is 3.24. The molecule has 0 aromatic heterocycles. The first-order chi connectivity index (χ1) is 4.76. The summed E-state index contributed by atoms with van der Waals surface area (Å²) in [6, 6.07) is 0. The van der Waals surface area contributed by atoms with Crippen LogP contribution < -0.4 is 0 Å². The van der Waals surface area contributed by atoms with Crippen LogP contribution in [0, 0.1) is 5.92 Å². The van der Waals surface area contributed by atoms with Gasteiger partial charge in [-0.15, -0.1) is 0 Å². The number of rotatable bonds is 1. The first kappa shape index (κ1) is 6.68. The zero-order chi connectivity index (χ0) is 7.19. The quantitative estimate of drug-likeness (QED) is 0.528. The van der Waals surface area contributed by atoms with E-state index in [-0.39, 0.29) is 5.31 Å². The fourth-order valence-electron chi connectivity index (χ4n) is 2.39. The molecule has 2 fully saturated rings. The van der Waals surface area contributed by atoms with Crippen molar-refractivity contribution in [2.45, 2.75) is 37.4 Å². The number of hydrogen-bond donors (Lipinski definition) is 2. The fraction of sp³-hybridized carbons (Fsp3) is 1.00. The fourth-order valence-corrected chi connectivity index (χ4v) is 2.39. The Morgan fingerprint density at radius 2 is 2.10 bits per heavy atom. The Morgan fingerprint density at radius 1 is 1.30 bits per heavy atom. The summed E-state index contributed by atoms with van der Waals surface area (Å²) in [5.41, 5.74) is 0. The predicted octanol–water partition coefficient (Wildman–Crippen LogP) is 0.793. The molecular formula is C7H13BO2. The van der Waals surface area contributed by atoms with Crippen LogP contribution >= 0.6 is 0 Å². The molecule has 2 nitrogen and oxygen atoms in total. The largest absolute Gasteiger partial charge is 0.458 e. The van der Waals surface area contributed by atoms with Crippen molar-refractivity contribution < 1.29 is 10.0 Å². The van der Waals surface area contributed by atoms with E-state index in [0.29, 0.717) is 5.92 Å². The molecule has 0 unspecified atom stereocenters. The van der Waals surface area contributed by atoms with E-state index in [1.807, 2.05) is 0 Å². The molecule has 0 aromatic rings. The lowest BCUT2D eigenvalue weighted by Crippen LogP contribution is -2.25. The highest BCUT2D eigenvalue weighted by molar-refractivity contribution is 6.47. The van der Waals surface area contributed by atoms with Crippen molar-refractivity contribution in [2.75, 3.05) is 0 Å². The van der Waals surface area contributed by atoms with Crippen LogP contribution in [0.4, 0.5) is 0 Å². The van der Waals surface area contributed by atoms with Gasteiger partial charge < -0.3 is 10.0 Å². The maximum absolute atomic E-state index is 9.03. The normalized spacial score (nSPS) is 44.4. The molecule has 56 valence electrons. The van der Waals surface area contributed by atoms with Crippen LogP contribution in [0.1, 0.15) is 32.1 Å². The standard InChI is InChI=1S/C7H13BO2/c9-8(10)7-4-2-1-3-6(7)5-7/h6,9-10H,1-5H2/t6-,7-/m0/s1. The summed E-state index contributed by atoms with van der Waals surface area (Å²) < 4.78 is 0. The molecule has 0 amide bonds. The van der Waals surface area contributed by atoms with Crippen molar-refractivity contribution in [1.82, 2.24) is 0 Å². The Bertz CT molecular complexity index is 149. The number of fused-ring (bicyclic) bond motifs is 1. The zero-order valence-electron chi connectivity index (χ0n) is 6.08. The van der Waals surface area contributed by atoms with Crippen molar-refractivity contribution >= 4 is 7.12 Å². The third-order valence-corrected chi connectivity index (χ3v) is 3.24. The van der Waals surface area contributed by atoms with Gasteiger partial charge in [0.25, 0.3) is 0 Å². The second-order valence-corrected chi connectivity index (χ2v) is 3.75. The van der Waals surface area contributed by atoms with Crippen LogP contribution in [-0.4, -0.2) is 17.2 Å². The predicted molar refractivity (Wildman–Crippen MR) is 39.5 cm³/mol. The Kier molecular flexibility index (Phi) is 1.33. The summed E-state index contributed by atoms with van der Waals surface area (Å²) in [5, 5.41) is 18.0. The molecule has 0 radical (unpaired) electrons. The van der Waals surface area contributed by atoms with Gasteiger partial charge in [-0.3, -0.25) is 0 Å². The van der Waals surface area contributed by atoms with E-state index in [2.05, 4.69) is 0 Å². The lowest BCUT2D eigenvalue weighted by Gasteiger charge is -2.20. The minimum absolute atomic E-state index is 0.0434. The van der Waals surface area contributed by atoms with Crippen molar-refractivity contribution in [3.05, 3.63) is 0 Å². The van der Waals surface area contributed by atoms with Gasteiger partial charge in [0.2, 0.25) is 0 Å². The van der Waals surface area contributed by atoms with Gasteiger partial charge in [-0.25, -0.2) is 0 Å². The monoisotopic (exact) mass is 140 g/mol. The van der Waals surface area contributed by atoms with E-state index in [1.165, 1.54) is 19.3 Å². The molecule has 2 saturated carbocycles. The van der Waals surface area contributed by atoms with E-state index in [4.69, 9.17) is 10.0 Å². The molecule has 0 heterocycles. The van der Waals surface area contributed by atoms with Crippen LogP contribution in [0.25, 0.3) is 0 Å². The minimum Gasteiger partial charge on any atom is -0.427 e. The molecule has 0 spiro atoms. The SMILES string of the molecule is OB(O)[C@]12CCCC[C@H]1C2. The molecule has 0 bridgehead atoms. The van der Waals surface area contributed by atoms with Crippen LogP contribution in [0.3, 0.4) is 0 Å². The first-order valence-corrected chi connectivity index (χ1v) is 4.12.